The minimum Gasteiger partial charge on any atom is -0.341 e. The summed E-state index contributed by atoms with van der Waals surface area (Å²) in [5.41, 5.74) is -2.33. The third kappa shape index (κ3) is 4.73. The zero-order valence-electron chi connectivity index (χ0n) is 21.0. The molecular weight excluding hydrogens is 525 g/mol. The molecule has 1 aliphatic carbocycles. The lowest BCUT2D eigenvalue weighted by molar-refractivity contribution is -0.228. The number of aryl methyl sites for hydroxylation is 1. The van der Waals surface area contributed by atoms with E-state index in [2.05, 4.69) is 0 Å². The van der Waals surface area contributed by atoms with Crippen LogP contribution in [0.15, 0.2) is 42.5 Å². The quantitative estimate of drug-likeness (QED) is 0.483. The van der Waals surface area contributed by atoms with Crippen LogP contribution in [0.25, 0.3) is 0 Å². The first-order valence-electron chi connectivity index (χ1n) is 12.8. The predicted octanol–water partition coefficient (Wildman–Crippen LogP) is 5.28. The van der Waals surface area contributed by atoms with Crippen LogP contribution in [0.3, 0.4) is 0 Å². The monoisotopic (exact) mass is 555 g/mol. The van der Waals surface area contributed by atoms with Crippen LogP contribution in [0, 0.1) is 17.7 Å². The summed E-state index contributed by atoms with van der Waals surface area (Å²) in [4.78, 5) is 15.3. The van der Waals surface area contributed by atoms with E-state index in [4.69, 9.17) is 0 Å². The smallest absolute Gasteiger partial charge is 0.341 e. The predicted molar refractivity (Wildman–Crippen MR) is 133 cm³/mol. The summed E-state index contributed by atoms with van der Waals surface area (Å²) >= 11 is 0. The highest BCUT2D eigenvalue weighted by Crippen LogP contribution is 2.51. The Labute approximate surface area is 219 Å². The molecule has 0 aromatic heterocycles. The molecule has 3 atom stereocenters. The van der Waals surface area contributed by atoms with Gasteiger partial charge in [0.2, 0.25) is 11.6 Å². The van der Waals surface area contributed by atoms with Crippen LogP contribution >= 0.6 is 0 Å². The Hall–Kier alpha value is -2.49. The SMILES string of the molecule is CC(F)(c1ccc2c(c1)CCC1CN(C(=O)C3CCS(=O)(=O)CC3)CC21Cc1ccc(F)cc1)C(F)(F)F. The molecule has 2 saturated heterocycles. The molecule has 0 radical (unpaired) electrons. The molecule has 3 unspecified atom stereocenters. The fourth-order valence-electron chi connectivity index (χ4n) is 6.54. The van der Waals surface area contributed by atoms with Crippen LogP contribution in [-0.2, 0) is 38.6 Å². The van der Waals surface area contributed by atoms with Crippen molar-refractivity contribution in [1.82, 2.24) is 4.90 Å². The minimum absolute atomic E-state index is 0.00144. The number of sulfone groups is 1. The molecule has 2 aromatic carbocycles. The molecule has 0 bridgehead atoms. The molecule has 10 heteroatoms. The number of likely N-dealkylation sites (tertiary alicyclic amines) is 1. The number of fused-ring (bicyclic) bond motifs is 3. The molecule has 4 nitrogen and oxygen atoms in total. The van der Waals surface area contributed by atoms with Gasteiger partial charge in [0.05, 0.1) is 11.5 Å². The Morgan fingerprint density at radius 1 is 1.03 bits per heavy atom. The van der Waals surface area contributed by atoms with Gasteiger partial charge in [-0.1, -0.05) is 30.3 Å². The topological polar surface area (TPSA) is 54.5 Å². The molecule has 0 N–H and O–H groups in total. The summed E-state index contributed by atoms with van der Waals surface area (Å²) in [6.07, 6.45) is -3.00. The molecule has 1 amide bonds. The average molecular weight is 556 g/mol. The van der Waals surface area contributed by atoms with Gasteiger partial charge in [-0.25, -0.2) is 17.2 Å². The van der Waals surface area contributed by atoms with Crippen LogP contribution in [0.4, 0.5) is 22.0 Å². The van der Waals surface area contributed by atoms with Crippen LogP contribution in [0.1, 0.15) is 48.4 Å². The number of carbonyl (C=O) groups excluding carboxylic acids is 1. The number of nitrogens with zero attached hydrogens (tertiary/aromatic N) is 1. The number of carbonyl (C=O) groups is 1. The number of rotatable bonds is 4. The molecule has 38 heavy (non-hydrogen) atoms. The number of halogens is 5. The van der Waals surface area contributed by atoms with Gasteiger partial charge >= 0.3 is 6.18 Å². The second kappa shape index (κ2) is 9.31. The van der Waals surface area contributed by atoms with Gasteiger partial charge in [-0.05, 0) is 79.3 Å². The highest BCUT2D eigenvalue weighted by Gasteiger charge is 2.55. The van der Waals surface area contributed by atoms with Crippen LogP contribution < -0.4 is 0 Å². The number of alkyl halides is 4. The normalized spacial score (nSPS) is 26.9. The van der Waals surface area contributed by atoms with Crippen molar-refractivity contribution >= 4 is 15.7 Å². The van der Waals surface area contributed by atoms with Crippen molar-refractivity contribution in [1.29, 1.82) is 0 Å². The van der Waals surface area contributed by atoms with E-state index in [1.54, 1.807) is 23.1 Å². The van der Waals surface area contributed by atoms with Crippen LogP contribution in [0.2, 0.25) is 0 Å². The standard InChI is InChI=1S/C28H30F5NO3S/c1-26(30,28(31,32)33)21-6-9-24-20(14-21)4-5-22-16-34(25(35)19-10-12-38(36,37)13-11-19)17-27(22,24)15-18-2-7-23(29)8-3-18/h2-3,6-9,14,19,22H,4-5,10-13,15-17H2,1H3. The molecular formula is C28H30F5NO3S. The third-order valence-electron chi connectivity index (χ3n) is 8.82. The molecule has 2 aliphatic heterocycles. The van der Waals surface area contributed by atoms with E-state index in [0.717, 1.165) is 11.1 Å². The van der Waals surface area contributed by atoms with Crippen molar-refractivity contribution in [2.45, 2.75) is 56.3 Å². The Kier molecular flexibility index (Phi) is 6.64. The zero-order chi connectivity index (χ0) is 27.5. The Bertz CT molecular complexity index is 1330. The maximum Gasteiger partial charge on any atom is 0.426 e. The number of hydrogen-bond acceptors (Lipinski definition) is 3. The number of amides is 1. The molecule has 2 heterocycles. The molecule has 2 fully saturated rings. The lowest BCUT2D eigenvalue weighted by atomic mass is 9.62. The van der Waals surface area contributed by atoms with E-state index in [9.17, 15) is 35.2 Å². The first-order chi connectivity index (χ1) is 17.7. The molecule has 3 aliphatic rings. The second-order valence-corrected chi connectivity index (χ2v) is 13.5. The van der Waals surface area contributed by atoms with Gasteiger partial charge in [-0.2, -0.15) is 13.2 Å². The third-order valence-corrected chi connectivity index (χ3v) is 10.5. The van der Waals surface area contributed by atoms with E-state index >= 15 is 0 Å². The Morgan fingerprint density at radius 2 is 1.68 bits per heavy atom. The summed E-state index contributed by atoms with van der Waals surface area (Å²) in [5.74, 6) is -0.910. The maximum atomic E-state index is 14.8. The second-order valence-electron chi connectivity index (χ2n) is 11.2. The van der Waals surface area contributed by atoms with Gasteiger partial charge in [0, 0.05) is 24.4 Å². The largest absolute Gasteiger partial charge is 0.426 e. The van der Waals surface area contributed by atoms with Crippen LogP contribution in [0.5, 0.6) is 0 Å². The minimum atomic E-state index is -5.06. The Balaban J connectivity index is 1.52. The van der Waals surface area contributed by atoms with E-state index < -0.39 is 32.7 Å². The molecule has 2 aromatic rings. The fraction of sp³-hybridized carbons (Fsp3) is 0.536. The van der Waals surface area contributed by atoms with E-state index in [1.165, 1.54) is 24.3 Å². The first kappa shape index (κ1) is 27.1. The van der Waals surface area contributed by atoms with Crippen molar-refractivity contribution in [3.8, 4) is 0 Å². The molecule has 206 valence electrons. The van der Waals surface area contributed by atoms with Crippen molar-refractivity contribution in [2.75, 3.05) is 24.6 Å². The molecule has 0 spiro atoms. The highest BCUT2D eigenvalue weighted by molar-refractivity contribution is 7.91. The Morgan fingerprint density at radius 3 is 2.32 bits per heavy atom. The lowest BCUT2D eigenvalue weighted by Crippen LogP contribution is -2.43. The fourth-order valence-corrected chi connectivity index (χ4v) is 8.04. The van der Waals surface area contributed by atoms with Crippen molar-refractivity contribution < 1.29 is 35.2 Å². The summed E-state index contributed by atoms with van der Waals surface area (Å²) < 4.78 is 92.5. The lowest BCUT2D eigenvalue weighted by Gasteiger charge is -2.41. The van der Waals surface area contributed by atoms with Crippen LogP contribution in [-0.4, -0.2) is 50.0 Å². The molecule has 0 saturated carbocycles. The van der Waals surface area contributed by atoms with Crippen molar-refractivity contribution in [2.24, 2.45) is 11.8 Å². The van der Waals surface area contributed by atoms with E-state index in [-0.39, 0.29) is 47.9 Å². The maximum absolute atomic E-state index is 14.8. The summed E-state index contributed by atoms with van der Waals surface area (Å²) in [5, 5.41) is 0. The van der Waals surface area contributed by atoms with E-state index in [1.807, 2.05) is 0 Å². The summed E-state index contributed by atoms with van der Waals surface area (Å²) in [7, 11) is -3.13. The van der Waals surface area contributed by atoms with Gasteiger partial charge < -0.3 is 4.90 Å². The zero-order valence-corrected chi connectivity index (χ0v) is 21.8. The van der Waals surface area contributed by atoms with Gasteiger partial charge in [-0.15, -0.1) is 0 Å². The number of benzene rings is 2. The first-order valence-corrected chi connectivity index (χ1v) is 14.7. The average Bonchev–Trinajstić information content (AvgIpc) is 3.23. The summed E-state index contributed by atoms with van der Waals surface area (Å²) in [6, 6.07) is 10.1. The summed E-state index contributed by atoms with van der Waals surface area (Å²) in [6.45, 7) is 1.29. The van der Waals surface area contributed by atoms with Gasteiger partial charge in [-0.3, -0.25) is 4.79 Å². The van der Waals surface area contributed by atoms with Gasteiger partial charge in [0.15, 0.2) is 0 Å². The van der Waals surface area contributed by atoms with Crippen molar-refractivity contribution in [3.63, 3.8) is 0 Å². The number of hydrogen-bond donors (Lipinski definition) is 0. The molecule has 5 rings (SSSR count). The van der Waals surface area contributed by atoms with Crippen molar-refractivity contribution in [3.05, 3.63) is 70.5 Å². The van der Waals surface area contributed by atoms with Gasteiger partial charge in [0.25, 0.3) is 0 Å². The van der Waals surface area contributed by atoms with E-state index in [0.29, 0.717) is 44.8 Å². The highest BCUT2D eigenvalue weighted by atomic mass is 32.2. The van der Waals surface area contributed by atoms with Gasteiger partial charge in [0.1, 0.15) is 15.7 Å².